The lowest BCUT2D eigenvalue weighted by Crippen LogP contribution is -2.28. The van der Waals surface area contributed by atoms with Gasteiger partial charge in [0.25, 0.3) is 0 Å². The Hall–Kier alpha value is -1.20. The predicted molar refractivity (Wildman–Crippen MR) is 58.6 cm³/mol. The van der Waals surface area contributed by atoms with Crippen molar-refractivity contribution in [1.82, 2.24) is 0 Å². The van der Waals surface area contributed by atoms with Crippen molar-refractivity contribution in [3.8, 4) is 5.75 Å². The Labute approximate surface area is 92.7 Å². The first-order valence-corrected chi connectivity index (χ1v) is 5.61. The molecule has 0 spiro atoms. The molecule has 4 nitrogen and oxygen atoms in total. The van der Waals surface area contributed by atoms with Crippen LogP contribution in [0.15, 0.2) is 29.2 Å². The van der Waals surface area contributed by atoms with Gasteiger partial charge in [-0.05, 0) is 37.4 Å². The number of carbonyl (C=O) groups is 1. The van der Waals surface area contributed by atoms with Crippen LogP contribution in [0.2, 0.25) is 0 Å². The average Bonchev–Trinajstić information content (AvgIpc) is 2.29. The van der Waals surface area contributed by atoms with Crippen molar-refractivity contribution in [2.24, 2.45) is 5.90 Å². The van der Waals surface area contributed by atoms with Crippen molar-refractivity contribution in [3.63, 3.8) is 0 Å². The Balaban J connectivity index is 2.60. The van der Waals surface area contributed by atoms with E-state index >= 15 is 0 Å². The molecule has 0 saturated heterocycles. The summed E-state index contributed by atoms with van der Waals surface area (Å²) >= 11 is 1.64. The third-order valence-electron chi connectivity index (χ3n) is 1.82. The number of hydrogen-bond acceptors (Lipinski definition) is 5. The quantitative estimate of drug-likeness (QED) is 0.625. The summed E-state index contributed by atoms with van der Waals surface area (Å²) in [7, 11) is 0. The van der Waals surface area contributed by atoms with Crippen LogP contribution in [0.5, 0.6) is 5.75 Å². The van der Waals surface area contributed by atoms with E-state index in [-0.39, 0.29) is 0 Å². The highest BCUT2D eigenvalue weighted by molar-refractivity contribution is 7.98. The van der Waals surface area contributed by atoms with Crippen molar-refractivity contribution < 1.29 is 14.4 Å². The van der Waals surface area contributed by atoms with Crippen molar-refractivity contribution in [2.75, 3.05) is 6.26 Å². The van der Waals surface area contributed by atoms with E-state index in [4.69, 9.17) is 10.6 Å². The number of thioether (sulfide) groups is 1. The van der Waals surface area contributed by atoms with Gasteiger partial charge in [0.1, 0.15) is 5.75 Å². The molecule has 0 radical (unpaired) electrons. The fourth-order valence-electron chi connectivity index (χ4n) is 1.00. The minimum Gasteiger partial charge on any atom is -0.479 e. The number of hydrogen-bond donors (Lipinski definition) is 1. The van der Waals surface area contributed by atoms with E-state index in [1.165, 1.54) is 0 Å². The first kappa shape index (κ1) is 11.9. The smallest absolute Gasteiger partial charge is 0.365 e. The lowest BCUT2D eigenvalue weighted by Gasteiger charge is -2.11. The van der Waals surface area contributed by atoms with E-state index in [2.05, 4.69) is 4.84 Å². The van der Waals surface area contributed by atoms with Gasteiger partial charge in [-0.15, -0.1) is 11.8 Å². The maximum Gasteiger partial charge on any atom is 0.365 e. The maximum absolute atomic E-state index is 11.0. The van der Waals surface area contributed by atoms with E-state index in [1.807, 2.05) is 18.4 Å². The van der Waals surface area contributed by atoms with Gasteiger partial charge in [-0.1, -0.05) is 0 Å². The molecule has 0 unspecified atom stereocenters. The molecule has 82 valence electrons. The summed E-state index contributed by atoms with van der Waals surface area (Å²) in [6.07, 6.45) is 1.29. The normalized spacial score (nSPS) is 11.9. The monoisotopic (exact) mass is 227 g/mol. The molecule has 5 heteroatoms. The SMILES string of the molecule is CSc1ccc(O[C@@H](C)C(=O)ON)cc1. The molecule has 0 aliphatic rings. The molecule has 1 aromatic carbocycles. The van der Waals surface area contributed by atoms with Gasteiger partial charge < -0.3 is 9.57 Å². The Kier molecular flexibility index (Phi) is 4.45. The topological polar surface area (TPSA) is 61.5 Å². The minimum absolute atomic E-state index is 0.594. The van der Waals surface area contributed by atoms with E-state index in [9.17, 15) is 4.79 Å². The molecule has 1 atom stereocenters. The van der Waals surface area contributed by atoms with Crippen molar-refractivity contribution in [1.29, 1.82) is 0 Å². The first-order chi connectivity index (χ1) is 7.17. The van der Waals surface area contributed by atoms with Crippen LogP contribution in [0, 0.1) is 0 Å². The molecule has 1 aromatic rings. The van der Waals surface area contributed by atoms with Crippen LogP contribution in [-0.4, -0.2) is 18.3 Å². The van der Waals surface area contributed by atoms with E-state index in [0.717, 1.165) is 4.90 Å². The molecule has 0 bridgehead atoms. The van der Waals surface area contributed by atoms with Crippen LogP contribution in [0.3, 0.4) is 0 Å². The standard InChI is InChI=1S/C10H13NO3S/c1-7(10(12)14-11)13-8-3-5-9(15-2)6-4-8/h3-7H,11H2,1-2H3/t7-/m0/s1. The number of rotatable bonds is 4. The molecule has 0 aliphatic carbocycles. The Bertz CT molecular complexity index is 326. The zero-order valence-corrected chi connectivity index (χ0v) is 9.41. The summed E-state index contributed by atoms with van der Waals surface area (Å²) in [4.78, 5) is 16.2. The number of nitrogens with two attached hydrogens (primary N) is 1. The van der Waals surface area contributed by atoms with Gasteiger partial charge in [-0.2, -0.15) is 5.90 Å². The van der Waals surface area contributed by atoms with Crippen LogP contribution in [-0.2, 0) is 9.63 Å². The third kappa shape index (κ3) is 3.45. The van der Waals surface area contributed by atoms with E-state index in [0.29, 0.717) is 5.75 Å². The highest BCUT2D eigenvalue weighted by atomic mass is 32.2. The number of benzene rings is 1. The molecule has 0 saturated carbocycles. The van der Waals surface area contributed by atoms with Crippen LogP contribution >= 0.6 is 11.8 Å². The van der Waals surface area contributed by atoms with Crippen LogP contribution < -0.4 is 10.6 Å². The van der Waals surface area contributed by atoms with Gasteiger partial charge in [-0.3, -0.25) is 0 Å². The molecule has 15 heavy (non-hydrogen) atoms. The van der Waals surface area contributed by atoms with Gasteiger partial charge in [0.15, 0.2) is 6.10 Å². The molecular formula is C10H13NO3S. The predicted octanol–water partition coefficient (Wildman–Crippen LogP) is 1.59. The van der Waals surface area contributed by atoms with Gasteiger partial charge in [-0.25, -0.2) is 4.79 Å². The largest absolute Gasteiger partial charge is 0.479 e. The van der Waals surface area contributed by atoms with Gasteiger partial charge >= 0.3 is 5.97 Å². The van der Waals surface area contributed by atoms with Crippen LogP contribution in [0.1, 0.15) is 6.92 Å². The second-order valence-corrected chi connectivity index (χ2v) is 3.75. The summed E-state index contributed by atoms with van der Waals surface area (Å²) in [6.45, 7) is 1.58. The van der Waals surface area contributed by atoms with Gasteiger partial charge in [0.05, 0.1) is 0 Å². The van der Waals surface area contributed by atoms with E-state index in [1.54, 1.807) is 30.8 Å². The van der Waals surface area contributed by atoms with Crippen molar-refractivity contribution in [2.45, 2.75) is 17.9 Å². The Morgan fingerprint density at radius 2 is 2.00 bits per heavy atom. The fraction of sp³-hybridized carbons (Fsp3) is 0.300. The average molecular weight is 227 g/mol. The number of ether oxygens (including phenoxy) is 1. The molecule has 0 heterocycles. The van der Waals surface area contributed by atoms with Gasteiger partial charge in [0, 0.05) is 4.90 Å². The second kappa shape index (κ2) is 5.63. The highest BCUT2D eigenvalue weighted by Gasteiger charge is 2.15. The molecule has 0 fully saturated rings. The maximum atomic E-state index is 11.0. The number of carbonyl (C=O) groups excluding carboxylic acids is 1. The van der Waals surface area contributed by atoms with Crippen LogP contribution in [0.4, 0.5) is 0 Å². The van der Waals surface area contributed by atoms with Gasteiger partial charge in [0.2, 0.25) is 0 Å². The first-order valence-electron chi connectivity index (χ1n) is 4.38. The Morgan fingerprint density at radius 1 is 1.40 bits per heavy atom. The second-order valence-electron chi connectivity index (χ2n) is 2.87. The summed E-state index contributed by atoms with van der Waals surface area (Å²) in [5, 5.41) is 0. The lowest BCUT2D eigenvalue weighted by molar-refractivity contribution is -0.151. The molecule has 0 aliphatic heterocycles. The molecular weight excluding hydrogens is 214 g/mol. The molecule has 2 N–H and O–H groups in total. The summed E-state index contributed by atoms with van der Waals surface area (Å²) in [5.41, 5.74) is 0. The minimum atomic E-state index is -0.699. The summed E-state index contributed by atoms with van der Waals surface area (Å²) < 4.78 is 5.30. The fourth-order valence-corrected chi connectivity index (χ4v) is 1.41. The zero-order chi connectivity index (χ0) is 11.3. The Morgan fingerprint density at radius 3 is 2.47 bits per heavy atom. The third-order valence-corrected chi connectivity index (χ3v) is 2.56. The molecule has 0 aromatic heterocycles. The molecule has 0 amide bonds. The van der Waals surface area contributed by atoms with Crippen LogP contribution in [0.25, 0.3) is 0 Å². The summed E-state index contributed by atoms with van der Waals surface area (Å²) in [6, 6.07) is 7.43. The zero-order valence-electron chi connectivity index (χ0n) is 8.60. The van der Waals surface area contributed by atoms with Crippen molar-refractivity contribution in [3.05, 3.63) is 24.3 Å². The van der Waals surface area contributed by atoms with Crippen molar-refractivity contribution >= 4 is 17.7 Å². The lowest BCUT2D eigenvalue weighted by atomic mass is 10.3. The molecule has 1 rings (SSSR count). The van der Waals surface area contributed by atoms with E-state index < -0.39 is 12.1 Å². The highest BCUT2D eigenvalue weighted by Crippen LogP contribution is 2.19. The summed E-state index contributed by atoms with van der Waals surface area (Å²) in [5.74, 6) is 4.76.